The first-order valence-electron chi connectivity index (χ1n) is 5.76. The second kappa shape index (κ2) is 4.97. The lowest BCUT2D eigenvalue weighted by Crippen LogP contribution is -2.39. The Bertz CT molecular complexity index is 861. The zero-order valence-corrected chi connectivity index (χ0v) is 13.0. The quantitative estimate of drug-likeness (QED) is 0.834. The summed E-state index contributed by atoms with van der Waals surface area (Å²) >= 11 is 7.01. The van der Waals surface area contributed by atoms with Crippen LogP contribution in [-0.2, 0) is 10.0 Å². The number of fused-ring (bicyclic) bond motifs is 1. The van der Waals surface area contributed by atoms with Crippen molar-refractivity contribution in [2.45, 2.75) is 4.21 Å². The molecule has 21 heavy (non-hydrogen) atoms. The number of sulfonamides is 1. The van der Waals surface area contributed by atoms with Crippen LogP contribution >= 0.6 is 22.9 Å². The number of nitrogens with one attached hydrogen (secondary N) is 2. The second-order valence-electron chi connectivity index (χ2n) is 4.22. The van der Waals surface area contributed by atoms with Crippen molar-refractivity contribution in [3.05, 3.63) is 34.4 Å². The van der Waals surface area contributed by atoms with E-state index in [1.54, 1.807) is 11.4 Å². The summed E-state index contributed by atoms with van der Waals surface area (Å²) in [6, 6.07) is 4.40. The highest BCUT2D eigenvalue weighted by Gasteiger charge is 2.31. The largest absolute Gasteiger partial charge is 0.323 e. The Labute approximate surface area is 129 Å². The fourth-order valence-corrected chi connectivity index (χ4v) is 4.66. The average molecular weight is 346 g/mol. The molecule has 0 unspecified atom stereocenters. The molecule has 0 spiro atoms. The molecule has 1 aromatic heterocycles. The summed E-state index contributed by atoms with van der Waals surface area (Å²) in [7, 11) is -2.22. The van der Waals surface area contributed by atoms with Gasteiger partial charge in [0.2, 0.25) is 5.96 Å². The molecule has 3 rings (SSSR count). The van der Waals surface area contributed by atoms with E-state index in [-0.39, 0.29) is 15.2 Å². The molecule has 0 saturated carbocycles. The van der Waals surface area contributed by atoms with Gasteiger partial charge in [0.15, 0.2) is 4.21 Å². The van der Waals surface area contributed by atoms with Gasteiger partial charge in [0.05, 0.1) is 10.7 Å². The SMILES string of the molecule is CN=C1Nc2c(-c3cccc(F)c3Cl)csc2S(=O)(=O)N1. The number of benzene rings is 1. The van der Waals surface area contributed by atoms with Crippen molar-refractivity contribution in [2.24, 2.45) is 4.99 Å². The number of halogens is 2. The van der Waals surface area contributed by atoms with E-state index >= 15 is 0 Å². The van der Waals surface area contributed by atoms with E-state index in [1.807, 2.05) is 0 Å². The highest BCUT2D eigenvalue weighted by Crippen LogP contribution is 2.43. The topological polar surface area (TPSA) is 70.6 Å². The van der Waals surface area contributed by atoms with E-state index < -0.39 is 15.8 Å². The third kappa shape index (κ3) is 2.29. The summed E-state index contributed by atoms with van der Waals surface area (Å²) < 4.78 is 40.2. The zero-order chi connectivity index (χ0) is 15.2. The number of guanidine groups is 1. The maximum atomic E-state index is 13.6. The van der Waals surface area contributed by atoms with Gasteiger partial charge in [0.1, 0.15) is 5.82 Å². The van der Waals surface area contributed by atoms with Gasteiger partial charge in [-0.15, -0.1) is 11.3 Å². The van der Waals surface area contributed by atoms with Gasteiger partial charge in [0.25, 0.3) is 10.0 Å². The molecule has 110 valence electrons. The van der Waals surface area contributed by atoms with E-state index in [0.29, 0.717) is 16.8 Å². The minimum atomic E-state index is -3.68. The highest BCUT2D eigenvalue weighted by atomic mass is 35.5. The van der Waals surface area contributed by atoms with Crippen LogP contribution in [0.4, 0.5) is 10.1 Å². The van der Waals surface area contributed by atoms with E-state index in [4.69, 9.17) is 11.6 Å². The van der Waals surface area contributed by atoms with Crippen LogP contribution in [-0.4, -0.2) is 21.4 Å². The number of aliphatic imine (C=N–C) groups is 1. The summed E-state index contributed by atoms with van der Waals surface area (Å²) in [4.78, 5) is 3.81. The van der Waals surface area contributed by atoms with Crippen molar-refractivity contribution < 1.29 is 12.8 Å². The van der Waals surface area contributed by atoms with Gasteiger partial charge in [-0.3, -0.25) is 4.99 Å². The monoisotopic (exact) mass is 345 g/mol. The summed E-state index contributed by atoms with van der Waals surface area (Å²) in [5.41, 5.74) is 1.30. The third-order valence-corrected chi connectivity index (χ3v) is 6.20. The van der Waals surface area contributed by atoms with Crippen molar-refractivity contribution in [1.29, 1.82) is 0 Å². The van der Waals surface area contributed by atoms with Crippen LogP contribution in [0.3, 0.4) is 0 Å². The minimum absolute atomic E-state index is 0.0502. The Morgan fingerprint density at radius 1 is 1.33 bits per heavy atom. The molecular formula is C12H9ClFN3O2S2. The number of hydrogen-bond acceptors (Lipinski definition) is 4. The Hall–Kier alpha value is -1.64. The smallest absolute Gasteiger partial charge is 0.275 e. The van der Waals surface area contributed by atoms with Gasteiger partial charge in [0, 0.05) is 23.6 Å². The van der Waals surface area contributed by atoms with Crippen LogP contribution in [0.2, 0.25) is 5.02 Å². The second-order valence-corrected chi connectivity index (χ2v) is 7.35. The molecule has 5 nitrogen and oxygen atoms in total. The molecule has 2 N–H and O–H groups in total. The first kappa shape index (κ1) is 14.3. The van der Waals surface area contributed by atoms with Crippen LogP contribution in [0.15, 0.2) is 32.8 Å². The minimum Gasteiger partial charge on any atom is -0.323 e. The van der Waals surface area contributed by atoms with Crippen LogP contribution in [0, 0.1) is 5.82 Å². The van der Waals surface area contributed by atoms with E-state index in [9.17, 15) is 12.8 Å². The number of rotatable bonds is 1. The standard InChI is InChI=1S/C12H9ClFN3O2S2/c1-15-12-16-10-7(5-20-11(10)21(18,19)17-12)6-3-2-4-8(14)9(6)13/h2-5H,1H3,(H2,15,16,17). The van der Waals surface area contributed by atoms with Gasteiger partial charge in [-0.1, -0.05) is 23.7 Å². The van der Waals surface area contributed by atoms with Crippen molar-refractivity contribution in [3.63, 3.8) is 0 Å². The lowest BCUT2D eigenvalue weighted by Gasteiger charge is -2.19. The van der Waals surface area contributed by atoms with Crippen LogP contribution < -0.4 is 10.0 Å². The first-order chi connectivity index (χ1) is 9.94. The van der Waals surface area contributed by atoms with Crippen molar-refractivity contribution in [2.75, 3.05) is 12.4 Å². The molecule has 0 aliphatic carbocycles. The predicted molar refractivity (Wildman–Crippen MR) is 82.0 cm³/mol. The molecule has 9 heteroatoms. The molecule has 1 aromatic carbocycles. The van der Waals surface area contributed by atoms with Crippen LogP contribution in [0.25, 0.3) is 11.1 Å². The molecule has 0 atom stereocenters. The molecule has 1 aliphatic rings. The van der Waals surface area contributed by atoms with Crippen molar-refractivity contribution in [3.8, 4) is 11.1 Å². The predicted octanol–water partition coefficient (Wildman–Crippen LogP) is 2.90. The van der Waals surface area contributed by atoms with Gasteiger partial charge >= 0.3 is 0 Å². The number of thiophene rings is 1. The Morgan fingerprint density at radius 2 is 2.10 bits per heavy atom. The summed E-state index contributed by atoms with van der Waals surface area (Å²) in [5.74, 6) is -0.454. The molecule has 2 aromatic rings. The lowest BCUT2D eigenvalue weighted by atomic mass is 10.1. The van der Waals surface area contributed by atoms with Crippen LogP contribution in [0.5, 0.6) is 0 Å². The maximum Gasteiger partial charge on any atom is 0.275 e. The molecule has 1 aliphatic heterocycles. The fourth-order valence-electron chi connectivity index (χ4n) is 1.99. The molecule has 0 fully saturated rings. The summed E-state index contributed by atoms with van der Waals surface area (Å²) in [5, 5.41) is 4.46. The first-order valence-corrected chi connectivity index (χ1v) is 8.50. The lowest BCUT2D eigenvalue weighted by molar-refractivity contribution is 0.594. The van der Waals surface area contributed by atoms with Gasteiger partial charge in [-0.2, -0.15) is 0 Å². The van der Waals surface area contributed by atoms with Gasteiger partial charge in [-0.25, -0.2) is 17.5 Å². The molecule has 2 heterocycles. The molecule has 0 bridgehead atoms. The van der Waals surface area contributed by atoms with Crippen molar-refractivity contribution >= 4 is 44.6 Å². The van der Waals surface area contributed by atoms with Crippen LogP contribution in [0.1, 0.15) is 0 Å². The van der Waals surface area contributed by atoms with E-state index in [1.165, 1.54) is 19.2 Å². The van der Waals surface area contributed by atoms with E-state index in [0.717, 1.165) is 11.3 Å². The summed E-state index contributed by atoms with van der Waals surface area (Å²) in [6.45, 7) is 0. The third-order valence-electron chi connectivity index (χ3n) is 2.94. The number of anilines is 1. The summed E-state index contributed by atoms with van der Waals surface area (Å²) in [6.07, 6.45) is 0. The fraction of sp³-hybridized carbons (Fsp3) is 0.0833. The van der Waals surface area contributed by atoms with Crippen molar-refractivity contribution in [1.82, 2.24) is 4.72 Å². The zero-order valence-electron chi connectivity index (χ0n) is 10.6. The highest BCUT2D eigenvalue weighted by molar-refractivity contribution is 7.92. The molecular weight excluding hydrogens is 337 g/mol. The molecule has 0 saturated heterocycles. The Morgan fingerprint density at radius 3 is 2.81 bits per heavy atom. The van der Waals surface area contributed by atoms with E-state index in [2.05, 4.69) is 15.0 Å². The molecule has 0 radical (unpaired) electrons. The average Bonchev–Trinajstić information content (AvgIpc) is 2.86. The maximum absolute atomic E-state index is 13.6. The normalized spacial score (nSPS) is 18.0. The number of nitrogens with zero attached hydrogens (tertiary/aromatic N) is 1. The molecule has 0 amide bonds. The Balaban J connectivity index is 2.25. The number of hydrogen-bond donors (Lipinski definition) is 2. The van der Waals surface area contributed by atoms with Gasteiger partial charge in [-0.05, 0) is 6.07 Å². The Kier molecular flexibility index (Phi) is 3.39. The van der Waals surface area contributed by atoms with Gasteiger partial charge < -0.3 is 5.32 Å².